The number of hydrogen-bond donors (Lipinski definition) is 1. The lowest BCUT2D eigenvalue weighted by Gasteiger charge is -2.12. The van der Waals surface area contributed by atoms with E-state index < -0.39 is 0 Å². The van der Waals surface area contributed by atoms with Gasteiger partial charge in [-0.25, -0.2) is 4.68 Å². The molecule has 0 unspecified atom stereocenters. The second kappa shape index (κ2) is 5.22. The van der Waals surface area contributed by atoms with Crippen molar-refractivity contribution in [2.45, 2.75) is 26.3 Å². The van der Waals surface area contributed by atoms with Crippen LogP contribution in [0.5, 0.6) is 0 Å². The third kappa shape index (κ3) is 2.50. The van der Waals surface area contributed by atoms with Crippen LogP contribution in [0.15, 0.2) is 29.1 Å². The van der Waals surface area contributed by atoms with Crippen molar-refractivity contribution in [3.05, 3.63) is 40.3 Å². The summed E-state index contributed by atoms with van der Waals surface area (Å²) in [4.78, 5) is 24.2. The molecule has 0 saturated heterocycles. The van der Waals surface area contributed by atoms with Gasteiger partial charge in [0.1, 0.15) is 0 Å². The van der Waals surface area contributed by atoms with Crippen LogP contribution in [0.3, 0.4) is 0 Å². The minimum atomic E-state index is -0.249. The molecule has 1 heterocycles. The molecular formula is C14H17N3O2. The van der Waals surface area contributed by atoms with Gasteiger partial charge in [-0.1, -0.05) is 25.1 Å². The quantitative estimate of drug-likeness (QED) is 0.907. The number of nitrogens with one attached hydrogen (secondary N) is 1. The van der Waals surface area contributed by atoms with Gasteiger partial charge in [-0.05, 0) is 19.4 Å². The zero-order valence-electron chi connectivity index (χ0n) is 11.3. The van der Waals surface area contributed by atoms with Gasteiger partial charge in [0.05, 0.1) is 5.39 Å². The summed E-state index contributed by atoms with van der Waals surface area (Å²) in [5, 5.41) is 8.05. The lowest BCUT2D eigenvalue weighted by molar-refractivity contribution is 0.0934. The Kier molecular flexibility index (Phi) is 3.64. The topological polar surface area (TPSA) is 64.0 Å². The van der Waals surface area contributed by atoms with Crippen molar-refractivity contribution >= 4 is 16.7 Å². The van der Waals surface area contributed by atoms with Crippen molar-refractivity contribution in [3.8, 4) is 0 Å². The summed E-state index contributed by atoms with van der Waals surface area (Å²) in [7, 11) is 1.55. The number of rotatable bonds is 3. The molecule has 2 aromatic rings. The van der Waals surface area contributed by atoms with Crippen molar-refractivity contribution in [2.75, 3.05) is 0 Å². The summed E-state index contributed by atoms with van der Waals surface area (Å²) in [5.74, 6) is -0.249. The Bertz CT molecular complexity index is 676. The van der Waals surface area contributed by atoms with E-state index in [-0.39, 0.29) is 23.2 Å². The monoisotopic (exact) mass is 259 g/mol. The smallest absolute Gasteiger partial charge is 0.274 e. The van der Waals surface area contributed by atoms with Crippen LogP contribution >= 0.6 is 0 Å². The number of fused-ring (bicyclic) bond motifs is 1. The van der Waals surface area contributed by atoms with Gasteiger partial charge in [-0.3, -0.25) is 9.59 Å². The second-order valence-electron chi connectivity index (χ2n) is 4.61. The number of carbonyl (C=O) groups excluding carboxylic acids is 1. The summed E-state index contributed by atoms with van der Waals surface area (Å²) in [5.41, 5.74) is 0.0914. The first-order valence-corrected chi connectivity index (χ1v) is 6.31. The standard InChI is InChI=1S/C14H17N3O2/c1-4-9(2)15-13(18)12-10-7-5-6-8-11(10)14(19)17(3)16-12/h5-9H,4H2,1-3H3,(H,15,18)/t9-/m0/s1. The normalized spacial score (nSPS) is 12.4. The summed E-state index contributed by atoms with van der Waals surface area (Å²) in [6.45, 7) is 3.93. The van der Waals surface area contributed by atoms with E-state index in [1.54, 1.807) is 31.3 Å². The van der Waals surface area contributed by atoms with Crippen LogP contribution in [0.4, 0.5) is 0 Å². The fourth-order valence-electron chi connectivity index (χ4n) is 1.86. The Morgan fingerprint density at radius 2 is 2.00 bits per heavy atom. The van der Waals surface area contributed by atoms with Crippen LogP contribution in [0, 0.1) is 0 Å². The average molecular weight is 259 g/mol. The van der Waals surface area contributed by atoms with Gasteiger partial charge in [0.25, 0.3) is 11.5 Å². The Morgan fingerprint density at radius 1 is 1.37 bits per heavy atom. The van der Waals surface area contributed by atoms with E-state index in [1.807, 2.05) is 13.8 Å². The molecule has 0 aliphatic rings. The Morgan fingerprint density at radius 3 is 2.63 bits per heavy atom. The van der Waals surface area contributed by atoms with Crippen LogP contribution in [-0.2, 0) is 7.05 Å². The summed E-state index contributed by atoms with van der Waals surface area (Å²) in [6, 6.07) is 7.10. The SMILES string of the molecule is CC[C@H](C)NC(=O)c1nn(C)c(=O)c2ccccc12. The lowest BCUT2D eigenvalue weighted by atomic mass is 10.1. The number of benzene rings is 1. The van der Waals surface area contributed by atoms with E-state index in [1.165, 1.54) is 4.68 Å². The van der Waals surface area contributed by atoms with Crippen LogP contribution < -0.4 is 10.9 Å². The molecule has 0 bridgehead atoms. The zero-order chi connectivity index (χ0) is 14.0. The molecule has 1 aromatic heterocycles. The molecule has 5 nitrogen and oxygen atoms in total. The van der Waals surface area contributed by atoms with Gasteiger partial charge in [0.15, 0.2) is 5.69 Å². The number of aryl methyl sites for hydroxylation is 1. The largest absolute Gasteiger partial charge is 0.348 e. The first kappa shape index (κ1) is 13.3. The number of hydrogen-bond acceptors (Lipinski definition) is 3. The van der Waals surface area contributed by atoms with Gasteiger partial charge in [-0.2, -0.15) is 5.10 Å². The predicted molar refractivity (Wildman–Crippen MR) is 74.2 cm³/mol. The molecule has 0 radical (unpaired) electrons. The fourth-order valence-corrected chi connectivity index (χ4v) is 1.86. The van der Waals surface area contributed by atoms with Crippen molar-refractivity contribution in [2.24, 2.45) is 7.05 Å². The summed E-state index contributed by atoms with van der Waals surface area (Å²) >= 11 is 0. The highest BCUT2D eigenvalue weighted by atomic mass is 16.2. The van der Waals surface area contributed by atoms with E-state index >= 15 is 0 Å². The van der Waals surface area contributed by atoms with Crippen molar-refractivity contribution in [3.63, 3.8) is 0 Å². The maximum Gasteiger partial charge on any atom is 0.274 e. The van der Waals surface area contributed by atoms with E-state index in [2.05, 4.69) is 10.4 Å². The number of amides is 1. The van der Waals surface area contributed by atoms with E-state index in [9.17, 15) is 9.59 Å². The maximum atomic E-state index is 12.2. The summed E-state index contributed by atoms with van der Waals surface area (Å²) < 4.78 is 1.20. The second-order valence-corrected chi connectivity index (χ2v) is 4.61. The van der Waals surface area contributed by atoms with E-state index in [4.69, 9.17) is 0 Å². The lowest BCUT2D eigenvalue weighted by Crippen LogP contribution is -2.34. The van der Waals surface area contributed by atoms with Crippen LogP contribution in [0.1, 0.15) is 30.8 Å². The summed E-state index contributed by atoms with van der Waals surface area (Å²) in [6.07, 6.45) is 0.843. The molecule has 0 saturated carbocycles. The van der Waals surface area contributed by atoms with Gasteiger partial charge < -0.3 is 5.32 Å². The Balaban J connectivity index is 2.58. The van der Waals surface area contributed by atoms with Crippen molar-refractivity contribution < 1.29 is 4.79 Å². The first-order valence-electron chi connectivity index (χ1n) is 6.31. The molecule has 0 aliphatic carbocycles. The van der Waals surface area contributed by atoms with Crippen LogP contribution in [0.25, 0.3) is 10.8 Å². The van der Waals surface area contributed by atoms with Gasteiger partial charge in [0.2, 0.25) is 0 Å². The maximum absolute atomic E-state index is 12.2. The molecular weight excluding hydrogens is 242 g/mol. The molecule has 1 amide bonds. The van der Waals surface area contributed by atoms with Gasteiger partial charge in [0, 0.05) is 18.5 Å². The molecule has 1 aromatic carbocycles. The van der Waals surface area contributed by atoms with Crippen LogP contribution in [0.2, 0.25) is 0 Å². The van der Waals surface area contributed by atoms with Crippen molar-refractivity contribution in [1.29, 1.82) is 0 Å². The molecule has 19 heavy (non-hydrogen) atoms. The fraction of sp³-hybridized carbons (Fsp3) is 0.357. The first-order chi connectivity index (χ1) is 9.04. The highest BCUT2D eigenvalue weighted by Gasteiger charge is 2.16. The van der Waals surface area contributed by atoms with E-state index in [0.29, 0.717) is 10.8 Å². The highest BCUT2D eigenvalue weighted by molar-refractivity contribution is 6.04. The third-order valence-electron chi connectivity index (χ3n) is 3.16. The third-order valence-corrected chi connectivity index (χ3v) is 3.16. The number of nitrogens with zero attached hydrogens (tertiary/aromatic N) is 2. The minimum Gasteiger partial charge on any atom is -0.348 e. The molecule has 2 rings (SSSR count). The number of aromatic nitrogens is 2. The average Bonchev–Trinajstić information content (AvgIpc) is 2.42. The highest BCUT2D eigenvalue weighted by Crippen LogP contribution is 2.13. The molecule has 0 spiro atoms. The number of carbonyl (C=O) groups is 1. The predicted octanol–water partition coefficient (Wildman–Crippen LogP) is 1.46. The van der Waals surface area contributed by atoms with Gasteiger partial charge in [-0.15, -0.1) is 0 Å². The Hall–Kier alpha value is -2.17. The zero-order valence-corrected chi connectivity index (χ0v) is 11.3. The molecule has 100 valence electrons. The van der Waals surface area contributed by atoms with Crippen molar-refractivity contribution in [1.82, 2.24) is 15.1 Å². The molecule has 5 heteroatoms. The van der Waals surface area contributed by atoms with Gasteiger partial charge >= 0.3 is 0 Å². The molecule has 0 aliphatic heterocycles. The Labute approximate surface area is 111 Å². The van der Waals surface area contributed by atoms with E-state index in [0.717, 1.165) is 6.42 Å². The molecule has 1 atom stereocenters. The minimum absolute atomic E-state index is 0.0743. The molecule has 0 fully saturated rings. The van der Waals surface area contributed by atoms with Crippen LogP contribution in [-0.4, -0.2) is 21.7 Å². The molecule has 1 N–H and O–H groups in total.